The van der Waals surface area contributed by atoms with Gasteiger partial charge in [-0.05, 0) is 103 Å². The minimum Gasteiger partial charge on any atom is -0.321 e. The summed E-state index contributed by atoms with van der Waals surface area (Å²) >= 11 is 0. The number of nitrogens with zero attached hydrogens (tertiary/aromatic N) is 14. The summed E-state index contributed by atoms with van der Waals surface area (Å²) in [7, 11) is 0. The van der Waals surface area contributed by atoms with Gasteiger partial charge in [-0.15, -0.1) is 0 Å². The van der Waals surface area contributed by atoms with Crippen molar-refractivity contribution < 1.29 is 0 Å². The third-order valence-electron chi connectivity index (χ3n) is 12.0. The SMILES string of the molecule is C1CCc2nc3c(nc2C1)-c1nc-3nc2[nH]c(nc3nc(nc4[nH]c(n1)c1nc5c(nc41)CCCC5)-c1nc4c(nc1-3)CCCC4)c1nc3c(nc21)CCCC3. The zero-order chi connectivity index (χ0) is 36.5. The van der Waals surface area contributed by atoms with Crippen LogP contribution in [0.4, 0.5) is 0 Å². The Bertz CT molecular complexity index is 2670. The van der Waals surface area contributed by atoms with Gasteiger partial charge in [-0.3, -0.25) is 0 Å². The van der Waals surface area contributed by atoms with E-state index in [1.54, 1.807) is 0 Å². The van der Waals surface area contributed by atoms with E-state index in [1.165, 1.54) is 0 Å². The molecule has 0 radical (unpaired) electrons. The molecule has 0 fully saturated rings. The van der Waals surface area contributed by atoms with Gasteiger partial charge >= 0.3 is 0 Å². The Labute approximate surface area is 318 Å². The lowest BCUT2D eigenvalue weighted by Gasteiger charge is -2.14. The molecule has 56 heavy (non-hydrogen) atoms. The zero-order valence-corrected chi connectivity index (χ0v) is 30.6. The van der Waals surface area contributed by atoms with E-state index in [2.05, 4.69) is 9.97 Å². The molecular weight excluding hydrogens is 705 g/mol. The highest BCUT2D eigenvalue weighted by Crippen LogP contribution is 2.37. The fraction of sp³-hybridized carbons (Fsp3) is 0.400. The smallest absolute Gasteiger partial charge is 0.184 e. The molecule has 4 aliphatic carbocycles. The lowest BCUT2D eigenvalue weighted by atomic mass is 10.00. The van der Waals surface area contributed by atoms with Gasteiger partial charge in [-0.25, -0.2) is 69.8 Å². The quantitative estimate of drug-likeness (QED) is 0.195. The van der Waals surface area contributed by atoms with E-state index in [1.807, 2.05) is 0 Å². The number of H-pyrrole nitrogens is 2. The van der Waals surface area contributed by atoms with Gasteiger partial charge < -0.3 is 9.97 Å². The van der Waals surface area contributed by atoms with Gasteiger partial charge in [-0.1, -0.05) is 0 Å². The van der Waals surface area contributed by atoms with Crippen molar-refractivity contribution in [2.75, 3.05) is 0 Å². The molecule has 6 aliphatic rings. The zero-order valence-electron chi connectivity index (χ0n) is 30.6. The van der Waals surface area contributed by atoms with E-state index in [-0.39, 0.29) is 0 Å². The molecule has 16 heteroatoms. The maximum Gasteiger partial charge on any atom is 0.184 e. The first-order valence-corrected chi connectivity index (χ1v) is 20.1. The number of aromatic nitrogens is 16. The van der Waals surface area contributed by atoms with Crippen LogP contribution in [0, 0.1) is 0 Å². The molecule has 0 atom stereocenters. The van der Waals surface area contributed by atoms with E-state index < -0.39 is 0 Å². The van der Waals surface area contributed by atoms with Crippen LogP contribution in [0.5, 0.6) is 0 Å². The number of fused-ring (bicyclic) bond motifs is 24. The van der Waals surface area contributed by atoms with Crippen molar-refractivity contribution in [1.29, 1.82) is 0 Å². The second kappa shape index (κ2) is 11.6. The monoisotopic (exact) mass is 738 g/mol. The van der Waals surface area contributed by atoms with Crippen LogP contribution in [-0.4, -0.2) is 79.7 Å². The number of aryl methyl sites for hydroxylation is 8. The molecule has 16 nitrogen and oxygen atoms in total. The summed E-state index contributed by atoms with van der Waals surface area (Å²) < 4.78 is 0. The van der Waals surface area contributed by atoms with Gasteiger partial charge in [0.1, 0.15) is 44.8 Å². The third-order valence-corrected chi connectivity index (χ3v) is 12.0. The van der Waals surface area contributed by atoms with Gasteiger partial charge in [0.2, 0.25) is 0 Å². The largest absolute Gasteiger partial charge is 0.321 e. The molecule has 0 amide bonds. The highest BCUT2D eigenvalue weighted by molar-refractivity contribution is 6.01. The first kappa shape index (κ1) is 30.9. The van der Waals surface area contributed by atoms with Crippen molar-refractivity contribution in [3.05, 3.63) is 45.6 Å². The summed E-state index contributed by atoms with van der Waals surface area (Å²) in [4.78, 5) is 79.1. The second-order valence-electron chi connectivity index (χ2n) is 15.7. The van der Waals surface area contributed by atoms with Gasteiger partial charge in [0, 0.05) is 0 Å². The van der Waals surface area contributed by atoms with Crippen molar-refractivity contribution >= 4 is 44.7 Å². The van der Waals surface area contributed by atoms with Crippen molar-refractivity contribution in [1.82, 2.24) is 79.7 Å². The van der Waals surface area contributed by atoms with Crippen LogP contribution >= 0.6 is 0 Å². The third kappa shape index (κ3) is 4.64. The molecular formula is C40H34N16. The Morgan fingerprint density at radius 3 is 0.679 bits per heavy atom. The van der Waals surface area contributed by atoms with Crippen LogP contribution in [0.1, 0.15) is 96.9 Å². The van der Waals surface area contributed by atoms with E-state index >= 15 is 0 Å². The molecule has 7 aromatic heterocycles. The Morgan fingerprint density at radius 1 is 0.232 bits per heavy atom. The lowest BCUT2D eigenvalue weighted by Crippen LogP contribution is -2.09. The molecule has 2 aliphatic heterocycles. The molecule has 7 aromatic rings. The fourth-order valence-corrected chi connectivity index (χ4v) is 9.18. The molecule has 13 rings (SSSR count). The Hall–Kier alpha value is -6.32. The van der Waals surface area contributed by atoms with Crippen molar-refractivity contribution in [2.24, 2.45) is 0 Å². The standard InChI is InChI=1S/C40H34N16/c1-2-10-18-17(9-1)41-25-26(42-18)34-49-33(25)53-35-27-28(44-20-12-4-3-11-19(20)43-27)37(50-35)55-39-31-32(48-24-16-8-7-15-23(24)47-31)40(52-39)56-38-30-29(36(51-38)54-34)45-21-13-5-6-14-22(21)46-30/h1-16H2,(H2,49,50,51,52,53,54,55,56). The highest BCUT2D eigenvalue weighted by Gasteiger charge is 2.30. The van der Waals surface area contributed by atoms with E-state index in [4.69, 9.17) is 69.8 Å². The van der Waals surface area contributed by atoms with E-state index in [9.17, 15) is 0 Å². The van der Waals surface area contributed by atoms with Crippen LogP contribution < -0.4 is 0 Å². The average Bonchev–Trinajstić information content (AvgIpc) is 3.95. The van der Waals surface area contributed by atoms with Crippen molar-refractivity contribution in [2.45, 2.75) is 103 Å². The molecule has 8 bridgehead atoms. The van der Waals surface area contributed by atoms with E-state index in [0.29, 0.717) is 90.7 Å². The van der Waals surface area contributed by atoms with Gasteiger partial charge in [0.15, 0.2) is 45.9 Å². The predicted octanol–water partition coefficient (Wildman–Crippen LogP) is 5.54. The first-order valence-electron chi connectivity index (χ1n) is 20.1. The van der Waals surface area contributed by atoms with Crippen LogP contribution in [0.25, 0.3) is 90.7 Å². The van der Waals surface area contributed by atoms with Crippen molar-refractivity contribution in [3.8, 4) is 46.1 Å². The summed E-state index contributed by atoms with van der Waals surface area (Å²) in [5.74, 6) is 1.62. The minimum atomic E-state index is 0.404. The molecule has 2 N–H and O–H groups in total. The maximum absolute atomic E-state index is 5.18. The highest BCUT2D eigenvalue weighted by atomic mass is 15.1. The summed E-state index contributed by atoms with van der Waals surface area (Å²) in [6, 6.07) is 0. The van der Waals surface area contributed by atoms with E-state index in [0.717, 1.165) is 148 Å². The average molecular weight is 739 g/mol. The molecule has 9 heterocycles. The van der Waals surface area contributed by atoms with Crippen LogP contribution in [0.15, 0.2) is 0 Å². The van der Waals surface area contributed by atoms with Gasteiger partial charge in [0.05, 0.1) is 45.6 Å². The second-order valence-corrected chi connectivity index (χ2v) is 15.7. The van der Waals surface area contributed by atoms with Crippen LogP contribution in [0.2, 0.25) is 0 Å². The normalized spacial score (nSPS) is 16.9. The Morgan fingerprint density at radius 2 is 0.446 bits per heavy atom. The van der Waals surface area contributed by atoms with Crippen LogP contribution in [-0.2, 0) is 51.4 Å². The summed E-state index contributed by atoms with van der Waals surface area (Å²) in [5, 5.41) is 0. The first-order chi connectivity index (χ1) is 27.7. The molecule has 0 saturated carbocycles. The number of rotatable bonds is 0. The van der Waals surface area contributed by atoms with Gasteiger partial charge in [0.25, 0.3) is 0 Å². The summed E-state index contributed by atoms with van der Waals surface area (Å²) in [6.45, 7) is 0. The summed E-state index contributed by atoms with van der Waals surface area (Å²) in [6.07, 6.45) is 15.5. The topological polar surface area (TPSA) is 212 Å². The Kier molecular flexibility index (Phi) is 6.41. The maximum atomic E-state index is 5.18. The van der Waals surface area contributed by atoms with Crippen LogP contribution in [0.3, 0.4) is 0 Å². The Balaban J connectivity index is 1.19. The molecule has 0 saturated heterocycles. The number of nitrogens with one attached hydrogen (secondary N) is 2. The molecule has 0 spiro atoms. The fourth-order valence-electron chi connectivity index (χ4n) is 9.18. The number of hydrogen-bond acceptors (Lipinski definition) is 14. The van der Waals surface area contributed by atoms with Crippen molar-refractivity contribution in [3.63, 3.8) is 0 Å². The predicted molar refractivity (Wildman–Crippen MR) is 205 cm³/mol. The minimum absolute atomic E-state index is 0.404. The molecule has 0 unspecified atom stereocenters. The number of hydrogen-bond donors (Lipinski definition) is 2. The van der Waals surface area contributed by atoms with Gasteiger partial charge in [-0.2, -0.15) is 0 Å². The lowest BCUT2D eigenvalue weighted by molar-refractivity contribution is 0.651. The molecule has 0 aromatic carbocycles. The molecule has 274 valence electrons. The summed E-state index contributed by atoms with van der Waals surface area (Å²) in [5.41, 5.74) is 14.8. The number of aromatic amines is 2.